The molecule has 0 atom stereocenters. The third-order valence-electron chi connectivity index (χ3n) is 4.57. The number of hydrogen-bond donors (Lipinski definition) is 1. The predicted molar refractivity (Wildman–Crippen MR) is 94.7 cm³/mol. The number of carbonyl (C=O) groups is 1. The van der Waals surface area contributed by atoms with E-state index in [1.807, 2.05) is 30.3 Å². The van der Waals surface area contributed by atoms with E-state index < -0.39 is 0 Å². The van der Waals surface area contributed by atoms with Crippen LogP contribution in [-0.4, -0.2) is 15.7 Å². The van der Waals surface area contributed by atoms with Crippen LogP contribution >= 0.6 is 0 Å². The number of aromatic nitrogens is 2. The minimum Gasteiger partial charge on any atom is -0.306 e. The van der Waals surface area contributed by atoms with Crippen molar-refractivity contribution in [2.45, 2.75) is 26.2 Å². The number of fused-ring (bicyclic) bond motifs is 1. The minimum atomic E-state index is -0.380. The van der Waals surface area contributed by atoms with Gasteiger partial charge in [0.2, 0.25) is 0 Å². The topological polar surface area (TPSA) is 46.9 Å². The average molecular weight is 335 g/mol. The van der Waals surface area contributed by atoms with E-state index in [0.717, 1.165) is 36.2 Å². The molecule has 2 aromatic carbocycles. The van der Waals surface area contributed by atoms with Gasteiger partial charge in [-0.1, -0.05) is 24.3 Å². The third-order valence-corrected chi connectivity index (χ3v) is 4.57. The number of anilines is 1. The van der Waals surface area contributed by atoms with Crippen LogP contribution in [0.25, 0.3) is 5.69 Å². The maximum atomic E-state index is 13.8. The molecule has 4 nitrogen and oxygen atoms in total. The van der Waals surface area contributed by atoms with Gasteiger partial charge >= 0.3 is 0 Å². The number of nitrogens with one attached hydrogen (secondary N) is 1. The molecule has 0 spiro atoms. The van der Waals surface area contributed by atoms with Crippen molar-refractivity contribution < 1.29 is 9.18 Å². The van der Waals surface area contributed by atoms with Crippen LogP contribution in [0.3, 0.4) is 0 Å². The minimum absolute atomic E-state index is 0.302. The average Bonchev–Trinajstić information content (AvgIpc) is 3.20. The van der Waals surface area contributed by atoms with Gasteiger partial charge in [0.25, 0.3) is 5.91 Å². The predicted octanol–water partition coefficient (Wildman–Crippen LogP) is 4.06. The number of amides is 1. The van der Waals surface area contributed by atoms with Gasteiger partial charge < -0.3 is 5.32 Å². The zero-order valence-electron chi connectivity index (χ0n) is 13.9. The molecule has 0 saturated carbocycles. The molecule has 4 rings (SSSR count). The van der Waals surface area contributed by atoms with Crippen LogP contribution in [0, 0.1) is 12.7 Å². The number of benzene rings is 2. The Balaban J connectivity index is 1.72. The smallest absolute Gasteiger partial charge is 0.256 e. The number of carbonyl (C=O) groups excluding carboxylic acids is 1. The first-order valence-corrected chi connectivity index (χ1v) is 8.37. The molecule has 126 valence electrons. The van der Waals surface area contributed by atoms with Crippen molar-refractivity contribution in [3.63, 3.8) is 0 Å². The number of hydrogen-bond acceptors (Lipinski definition) is 2. The van der Waals surface area contributed by atoms with Crippen LogP contribution in [-0.2, 0) is 12.8 Å². The Morgan fingerprint density at radius 2 is 1.96 bits per heavy atom. The molecule has 1 amide bonds. The fraction of sp³-hybridized carbons (Fsp3) is 0.200. The fourth-order valence-electron chi connectivity index (χ4n) is 3.19. The van der Waals surface area contributed by atoms with Gasteiger partial charge in [-0.25, -0.2) is 9.07 Å². The quantitative estimate of drug-likeness (QED) is 0.784. The lowest BCUT2D eigenvalue weighted by atomic mass is 10.1. The molecule has 25 heavy (non-hydrogen) atoms. The molecule has 0 saturated heterocycles. The molecule has 3 aromatic rings. The molecule has 1 heterocycles. The van der Waals surface area contributed by atoms with Crippen molar-refractivity contribution in [2.75, 3.05) is 5.32 Å². The summed E-state index contributed by atoms with van der Waals surface area (Å²) in [5.41, 5.74) is 3.81. The molecular formula is C20H18FN3O. The second kappa shape index (κ2) is 6.16. The maximum absolute atomic E-state index is 13.8. The number of aryl methyl sites for hydroxylation is 2. The summed E-state index contributed by atoms with van der Waals surface area (Å²) in [5.74, 6) is -0.0233. The van der Waals surface area contributed by atoms with E-state index in [0.29, 0.717) is 16.9 Å². The van der Waals surface area contributed by atoms with E-state index in [4.69, 9.17) is 0 Å². The molecule has 5 heteroatoms. The summed E-state index contributed by atoms with van der Waals surface area (Å²) in [6.07, 6.45) is 2.84. The van der Waals surface area contributed by atoms with Crippen LogP contribution in [0.15, 0.2) is 48.5 Å². The van der Waals surface area contributed by atoms with Crippen molar-refractivity contribution >= 4 is 11.7 Å². The van der Waals surface area contributed by atoms with Gasteiger partial charge in [-0.2, -0.15) is 5.10 Å². The molecule has 0 radical (unpaired) electrons. The summed E-state index contributed by atoms with van der Waals surface area (Å²) in [4.78, 5) is 12.6. The summed E-state index contributed by atoms with van der Waals surface area (Å²) < 4.78 is 15.6. The molecular weight excluding hydrogens is 317 g/mol. The zero-order chi connectivity index (χ0) is 17.4. The van der Waals surface area contributed by atoms with Crippen LogP contribution in [0.5, 0.6) is 0 Å². The van der Waals surface area contributed by atoms with Crippen molar-refractivity contribution in [1.29, 1.82) is 0 Å². The fourth-order valence-corrected chi connectivity index (χ4v) is 3.19. The molecule has 1 aliphatic carbocycles. The van der Waals surface area contributed by atoms with E-state index in [2.05, 4.69) is 10.4 Å². The highest BCUT2D eigenvalue weighted by atomic mass is 19.1. The number of nitrogens with zero attached hydrogens (tertiary/aromatic N) is 2. The largest absolute Gasteiger partial charge is 0.306 e. The van der Waals surface area contributed by atoms with Gasteiger partial charge in [0.05, 0.1) is 11.4 Å². The van der Waals surface area contributed by atoms with E-state index in [9.17, 15) is 9.18 Å². The lowest BCUT2D eigenvalue weighted by Crippen LogP contribution is -2.16. The molecule has 0 bridgehead atoms. The molecule has 1 aromatic heterocycles. The van der Waals surface area contributed by atoms with Crippen molar-refractivity contribution in [2.24, 2.45) is 0 Å². The Kier molecular flexibility index (Phi) is 3.84. The van der Waals surface area contributed by atoms with Crippen LogP contribution in [0.2, 0.25) is 0 Å². The zero-order valence-corrected chi connectivity index (χ0v) is 13.9. The molecule has 0 fully saturated rings. The van der Waals surface area contributed by atoms with Crippen molar-refractivity contribution in [3.8, 4) is 5.69 Å². The number of rotatable bonds is 3. The van der Waals surface area contributed by atoms with Gasteiger partial charge in [-0.15, -0.1) is 0 Å². The van der Waals surface area contributed by atoms with Gasteiger partial charge in [0.15, 0.2) is 0 Å². The lowest BCUT2D eigenvalue weighted by Gasteiger charge is -2.11. The van der Waals surface area contributed by atoms with Gasteiger partial charge in [0.1, 0.15) is 11.6 Å². The normalized spacial score (nSPS) is 12.9. The summed E-state index contributed by atoms with van der Waals surface area (Å²) in [6.45, 7) is 1.67. The van der Waals surface area contributed by atoms with Crippen LogP contribution in [0.4, 0.5) is 10.2 Å². The van der Waals surface area contributed by atoms with Crippen molar-refractivity contribution in [1.82, 2.24) is 9.78 Å². The standard InChI is InChI=1S/C20H18FN3O/c1-13-10-11-14(12-17(13)21)20(25)22-19-16-8-5-9-18(16)23-24(19)15-6-3-2-4-7-15/h2-4,6-7,10-12H,5,8-9H2,1H3,(H,22,25). The summed E-state index contributed by atoms with van der Waals surface area (Å²) >= 11 is 0. The highest BCUT2D eigenvalue weighted by molar-refractivity contribution is 6.04. The molecule has 1 N–H and O–H groups in total. The highest BCUT2D eigenvalue weighted by Gasteiger charge is 2.24. The maximum Gasteiger partial charge on any atom is 0.256 e. The van der Waals surface area contributed by atoms with Crippen LogP contribution < -0.4 is 5.32 Å². The summed E-state index contributed by atoms with van der Waals surface area (Å²) in [5, 5.41) is 7.61. The Bertz CT molecular complexity index is 947. The summed E-state index contributed by atoms with van der Waals surface area (Å²) in [7, 11) is 0. The second-order valence-corrected chi connectivity index (χ2v) is 6.29. The first-order valence-electron chi connectivity index (χ1n) is 8.37. The molecule has 0 unspecified atom stereocenters. The first-order chi connectivity index (χ1) is 12.1. The summed E-state index contributed by atoms with van der Waals surface area (Å²) in [6, 6.07) is 14.2. The van der Waals surface area contributed by atoms with E-state index >= 15 is 0 Å². The first kappa shape index (κ1) is 15.6. The Labute approximate surface area is 145 Å². The molecule has 0 aliphatic heterocycles. The third kappa shape index (κ3) is 2.82. The Morgan fingerprint density at radius 3 is 2.72 bits per heavy atom. The highest BCUT2D eigenvalue weighted by Crippen LogP contribution is 2.31. The van der Waals surface area contributed by atoms with E-state index in [1.165, 1.54) is 6.07 Å². The van der Waals surface area contributed by atoms with Crippen molar-refractivity contribution in [3.05, 3.63) is 76.7 Å². The monoisotopic (exact) mass is 335 g/mol. The van der Waals surface area contributed by atoms with Gasteiger partial charge in [-0.3, -0.25) is 4.79 Å². The lowest BCUT2D eigenvalue weighted by molar-refractivity contribution is 0.102. The Morgan fingerprint density at radius 1 is 1.16 bits per heavy atom. The molecule has 1 aliphatic rings. The SMILES string of the molecule is Cc1ccc(C(=O)Nc2c3c(nn2-c2ccccc2)CCC3)cc1F. The second-order valence-electron chi connectivity index (χ2n) is 6.29. The van der Waals surface area contributed by atoms with Crippen LogP contribution in [0.1, 0.15) is 33.6 Å². The number of halogens is 1. The number of para-hydroxylation sites is 1. The van der Waals surface area contributed by atoms with E-state index in [1.54, 1.807) is 23.7 Å². The van der Waals surface area contributed by atoms with E-state index in [-0.39, 0.29) is 11.7 Å². The van der Waals surface area contributed by atoms with Gasteiger partial charge in [0, 0.05) is 11.1 Å². The van der Waals surface area contributed by atoms with Gasteiger partial charge in [-0.05, 0) is 56.0 Å². The Hall–Kier alpha value is -2.95.